The van der Waals surface area contributed by atoms with Crippen molar-refractivity contribution in [3.05, 3.63) is 46.8 Å². The SMILES string of the molecule is Cc1noc(C)c1CNc1ccccc1CN1CCCC(C(N)=O)C1. The summed E-state index contributed by atoms with van der Waals surface area (Å²) in [4.78, 5) is 13.8. The Hall–Kier alpha value is -2.34. The van der Waals surface area contributed by atoms with E-state index in [1.165, 1.54) is 5.56 Å². The Balaban J connectivity index is 1.67. The van der Waals surface area contributed by atoms with E-state index in [4.69, 9.17) is 10.3 Å². The highest BCUT2D eigenvalue weighted by molar-refractivity contribution is 5.76. The third-order valence-electron chi connectivity index (χ3n) is 4.96. The molecule has 1 aromatic heterocycles. The predicted molar refractivity (Wildman–Crippen MR) is 96.9 cm³/mol. The van der Waals surface area contributed by atoms with Gasteiger partial charge in [-0.15, -0.1) is 0 Å². The zero-order valence-electron chi connectivity index (χ0n) is 14.9. The van der Waals surface area contributed by atoms with Crippen molar-refractivity contribution in [1.29, 1.82) is 0 Å². The number of hydrogen-bond donors (Lipinski definition) is 2. The molecule has 0 saturated carbocycles. The van der Waals surface area contributed by atoms with E-state index < -0.39 is 0 Å². The van der Waals surface area contributed by atoms with Crippen molar-refractivity contribution < 1.29 is 9.32 Å². The molecular weight excluding hydrogens is 316 g/mol. The second-order valence-corrected chi connectivity index (χ2v) is 6.79. The molecule has 1 amide bonds. The van der Waals surface area contributed by atoms with Gasteiger partial charge < -0.3 is 15.6 Å². The fraction of sp³-hybridized carbons (Fsp3) is 0.474. The highest BCUT2D eigenvalue weighted by Gasteiger charge is 2.24. The highest BCUT2D eigenvalue weighted by atomic mass is 16.5. The maximum atomic E-state index is 11.5. The van der Waals surface area contributed by atoms with Gasteiger partial charge in [0.25, 0.3) is 0 Å². The maximum absolute atomic E-state index is 11.5. The molecule has 1 atom stereocenters. The summed E-state index contributed by atoms with van der Waals surface area (Å²) in [5.74, 6) is 0.633. The number of piperidine rings is 1. The molecule has 0 spiro atoms. The number of aromatic nitrogens is 1. The summed E-state index contributed by atoms with van der Waals surface area (Å²) in [5.41, 5.74) is 9.83. The van der Waals surface area contributed by atoms with Gasteiger partial charge in [-0.3, -0.25) is 9.69 Å². The van der Waals surface area contributed by atoms with Gasteiger partial charge in [0.2, 0.25) is 5.91 Å². The molecule has 6 nitrogen and oxygen atoms in total. The number of carbonyl (C=O) groups excluding carboxylic acids is 1. The number of nitrogens with one attached hydrogen (secondary N) is 1. The van der Waals surface area contributed by atoms with E-state index >= 15 is 0 Å². The summed E-state index contributed by atoms with van der Waals surface area (Å²) < 4.78 is 5.23. The molecule has 1 fully saturated rings. The summed E-state index contributed by atoms with van der Waals surface area (Å²) in [7, 11) is 0. The lowest BCUT2D eigenvalue weighted by molar-refractivity contribution is -0.123. The van der Waals surface area contributed by atoms with Crippen LogP contribution in [0.2, 0.25) is 0 Å². The van der Waals surface area contributed by atoms with Crippen LogP contribution in [-0.2, 0) is 17.9 Å². The minimum atomic E-state index is -0.186. The second kappa shape index (κ2) is 7.70. The molecule has 0 radical (unpaired) electrons. The lowest BCUT2D eigenvalue weighted by Gasteiger charge is -2.31. The molecule has 0 aliphatic carbocycles. The first-order valence-electron chi connectivity index (χ1n) is 8.79. The molecule has 6 heteroatoms. The molecule has 25 heavy (non-hydrogen) atoms. The second-order valence-electron chi connectivity index (χ2n) is 6.79. The van der Waals surface area contributed by atoms with Crippen molar-refractivity contribution >= 4 is 11.6 Å². The Morgan fingerprint density at radius 1 is 1.40 bits per heavy atom. The summed E-state index contributed by atoms with van der Waals surface area (Å²) in [6.45, 7) is 7.13. The number of anilines is 1. The van der Waals surface area contributed by atoms with Crippen LogP contribution in [-0.4, -0.2) is 29.1 Å². The third kappa shape index (κ3) is 4.20. The summed E-state index contributed by atoms with van der Waals surface area (Å²) in [6.07, 6.45) is 1.92. The normalized spacial score (nSPS) is 18.2. The number of nitrogens with zero attached hydrogens (tertiary/aromatic N) is 2. The number of rotatable bonds is 6. The molecule has 1 aromatic carbocycles. The molecule has 1 aliphatic heterocycles. The number of benzene rings is 1. The van der Waals surface area contributed by atoms with E-state index in [9.17, 15) is 4.79 Å². The number of para-hydroxylation sites is 1. The molecular formula is C19H26N4O2. The molecule has 3 rings (SSSR count). The number of carbonyl (C=O) groups is 1. The summed E-state index contributed by atoms with van der Waals surface area (Å²) >= 11 is 0. The Morgan fingerprint density at radius 3 is 2.92 bits per heavy atom. The molecule has 134 valence electrons. The lowest BCUT2D eigenvalue weighted by Crippen LogP contribution is -2.40. The summed E-state index contributed by atoms with van der Waals surface area (Å²) in [5, 5.41) is 7.50. The molecule has 1 unspecified atom stereocenters. The van der Waals surface area contributed by atoms with Crippen LogP contribution in [0.15, 0.2) is 28.8 Å². The van der Waals surface area contributed by atoms with Gasteiger partial charge in [-0.05, 0) is 44.9 Å². The Kier molecular flexibility index (Phi) is 5.38. The Bertz CT molecular complexity index is 721. The monoisotopic (exact) mass is 342 g/mol. The first kappa shape index (κ1) is 17.5. The first-order chi connectivity index (χ1) is 12.0. The lowest BCUT2D eigenvalue weighted by atomic mass is 9.97. The third-order valence-corrected chi connectivity index (χ3v) is 4.96. The number of nitrogens with two attached hydrogens (primary N) is 1. The van der Waals surface area contributed by atoms with Crippen molar-refractivity contribution in [2.45, 2.75) is 39.8 Å². The van der Waals surface area contributed by atoms with E-state index in [-0.39, 0.29) is 11.8 Å². The highest BCUT2D eigenvalue weighted by Crippen LogP contribution is 2.23. The van der Waals surface area contributed by atoms with Crippen molar-refractivity contribution in [3.8, 4) is 0 Å². The van der Waals surface area contributed by atoms with Crippen LogP contribution in [0.3, 0.4) is 0 Å². The van der Waals surface area contributed by atoms with Crippen molar-refractivity contribution in [3.63, 3.8) is 0 Å². The van der Waals surface area contributed by atoms with E-state index in [1.54, 1.807) is 0 Å². The fourth-order valence-electron chi connectivity index (χ4n) is 3.44. The number of hydrogen-bond acceptors (Lipinski definition) is 5. The zero-order valence-corrected chi connectivity index (χ0v) is 14.9. The Labute approximate surface area is 148 Å². The average molecular weight is 342 g/mol. The van der Waals surface area contributed by atoms with Gasteiger partial charge >= 0.3 is 0 Å². The van der Waals surface area contributed by atoms with Crippen LogP contribution in [0, 0.1) is 19.8 Å². The van der Waals surface area contributed by atoms with Crippen LogP contribution < -0.4 is 11.1 Å². The number of amides is 1. The standard InChI is InChI=1S/C19H26N4O2/c1-13-17(14(2)25-22-13)10-21-18-8-4-3-6-15(18)11-23-9-5-7-16(12-23)19(20)24/h3-4,6,8,16,21H,5,7,9-12H2,1-2H3,(H2,20,24). The minimum absolute atomic E-state index is 0.0313. The van der Waals surface area contributed by atoms with E-state index in [2.05, 4.69) is 27.5 Å². The van der Waals surface area contributed by atoms with Gasteiger partial charge in [0.15, 0.2) is 0 Å². The largest absolute Gasteiger partial charge is 0.380 e. The quantitative estimate of drug-likeness (QED) is 0.843. The topological polar surface area (TPSA) is 84.4 Å². The van der Waals surface area contributed by atoms with Crippen molar-refractivity contribution in [2.75, 3.05) is 18.4 Å². The molecule has 2 heterocycles. The average Bonchev–Trinajstić information content (AvgIpc) is 2.92. The molecule has 2 aromatic rings. The van der Waals surface area contributed by atoms with E-state index in [0.29, 0.717) is 6.54 Å². The van der Waals surface area contributed by atoms with Gasteiger partial charge in [0, 0.05) is 30.9 Å². The van der Waals surface area contributed by atoms with Gasteiger partial charge in [-0.1, -0.05) is 23.4 Å². The van der Waals surface area contributed by atoms with E-state index in [0.717, 1.165) is 55.2 Å². The van der Waals surface area contributed by atoms with Gasteiger partial charge in [-0.25, -0.2) is 0 Å². The Morgan fingerprint density at radius 2 is 2.20 bits per heavy atom. The molecule has 1 saturated heterocycles. The summed E-state index contributed by atoms with van der Waals surface area (Å²) in [6, 6.07) is 8.29. The maximum Gasteiger partial charge on any atom is 0.221 e. The van der Waals surface area contributed by atoms with Gasteiger partial charge in [0.1, 0.15) is 5.76 Å². The van der Waals surface area contributed by atoms with Gasteiger partial charge in [0.05, 0.1) is 11.6 Å². The fourth-order valence-corrected chi connectivity index (χ4v) is 3.44. The van der Waals surface area contributed by atoms with Crippen LogP contribution >= 0.6 is 0 Å². The first-order valence-corrected chi connectivity index (χ1v) is 8.79. The zero-order chi connectivity index (χ0) is 17.8. The minimum Gasteiger partial charge on any atom is -0.380 e. The van der Waals surface area contributed by atoms with Crippen molar-refractivity contribution in [1.82, 2.24) is 10.1 Å². The number of aryl methyl sites for hydroxylation is 2. The molecule has 3 N–H and O–H groups in total. The number of primary amides is 1. The predicted octanol–water partition coefficient (Wildman–Crippen LogP) is 2.60. The smallest absolute Gasteiger partial charge is 0.221 e. The van der Waals surface area contributed by atoms with Gasteiger partial charge in [-0.2, -0.15) is 0 Å². The molecule has 1 aliphatic rings. The van der Waals surface area contributed by atoms with Crippen LogP contribution in [0.5, 0.6) is 0 Å². The van der Waals surface area contributed by atoms with Crippen LogP contribution in [0.4, 0.5) is 5.69 Å². The number of likely N-dealkylation sites (tertiary alicyclic amines) is 1. The van der Waals surface area contributed by atoms with Crippen LogP contribution in [0.25, 0.3) is 0 Å². The van der Waals surface area contributed by atoms with Crippen molar-refractivity contribution in [2.24, 2.45) is 11.7 Å². The van der Waals surface area contributed by atoms with E-state index in [1.807, 2.05) is 26.0 Å². The van der Waals surface area contributed by atoms with Crippen LogP contribution in [0.1, 0.15) is 35.4 Å². The molecule has 0 bridgehead atoms.